The van der Waals surface area contributed by atoms with E-state index in [0.29, 0.717) is 5.56 Å². The lowest BCUT2D eigenvalue weighted by molar-refractivity contribution is -0.151. The predicted molar refractivity (Wildman–Crippen MR) is 87.6 cm³/mol. The summed E-state index contributed by atoms with van der Waals surface area (Å²) in [5, 5.41) is -1.86. The molecule has 2 atom stereocenters. The van der Waals surface area contributed by atoms with Crippen molar-refractivity contribution in [1.29, 1.82) is 0 Å². The number of nitrogens with zero attached hydrogens (tertiary/aromatic N) is 2. The first-order valence-electron chi connectivity index (χ1n) is 7.20. The van der Waals surface area contributed by atoms with Gasteiger partial charge in [0.15, 0.2) is 0 Å². The third-order valence-corrected chi connectivity index (χ3v) is 4.83. The summed E-state index contributed by atoms with van der Waals surface area (Å²) in [7, 11) is -4.95. The van der Waals surface area contributed by atoms with Crippen LogP contribution < -0.4 is 4.74 Å². The summed E-state index contributed by atoms with van der Waals surface area (Å²) in [4.78, 5) is 7.24. The fraction of sp³-hybridized carbons (Fsp3) is 0.333. The third-order valence-electron chi connectivity index (χ3n) is 3.44. The summed E-state index contributed by atoms with van der Waals surface area (Å²) in [6.45, 7) is 1.51. The quantitative estimate of drug-likeness (QED) is 0.729. The van der Waals surface area contributed by atoms with Crippen LogP contribution in [-0.4, -0.2) is 35.2 Å². The molecule has 0 fully saturated rings. The number of ether oxygens (including phenoxy) is 1. The number of alkyl halides is 3. The van der Waals surface area contributed by atoms with Crippen molar-refractivity contribution in [2.75, 3.05) is 0 Å². The van der Waals surface area contributed by atoms with Gasteiger partial charge in [-0.1, -0.05) is 35.9 Å². The molecule has 1 N–H and O–H groups in total. The van der Waals surface area contributed by atoms with E-state index < -0.39 is 40.1 Å². The fourth-order valence-corrected chi connectivity index (χ4v) is 3.61. The number of halogens is 4. The van der Waals surface area contributed by atoms with E-state index in [1.807, 2.05) is 0 Å². The zero-order valence-electron chi connectivity index (χ0n) is 13.3. The molecule has 0 aliphatic carbocycles. The summed E-state index contributed by atoms with van der Waals surface area (Å²) >= 11 is 5.61. The molecule has 0 saturated heterocycles. The molecule has 1 aromatic heterocycles. The van der Waals surface area contributed by atoms with Crippen LogP contribution in [0, 0.1) is 6.92 Å². The van der Waals surface area contributed by atoms with Crippen molar-refractivity contribution in [3.8, 4) is 6.01 Å². The molecule has 0 amide bonds. The van der Waals surface area contributed by atoms with Crippen LogP contribution >= 0.6 is 11.6 Å². The van der Waals surface area contributed by atoms with Gasteiger partial charge in [0, 0.05) is 0 Å². The number of hydrogen-bond donors (Lipinski definition) is 1. The van der Waals surface area contributed by atoms with E-state index in [0.717, 1.165) is 12.4 Å². The van der Waals surface area contributed by atoms with Gasteiger partial charge in [0.05, 0.1) is 23.8 Å². The van der Waals surface area contributed by atoms with Crippen LogP contribution in [-0.2, 0) is 10.1 Å². The van der Waals surface area contributed by atoms with Crippen molar-refractivity contribution in [3.05, 3.63) is 52.8 Å². The molecule has 0 saturated carbocycles. The number of rotatable bonds is 6. The van der Waals surface area contributed by atoms with Gasteiger partial charge in [-0.25, -0.2) is 9.97 Å². The Labute approximate surface area is 152 Å². The predicted octanol–water partition coefficient (Wildman–Crippen LogP) is 3.77. The van der Waals surface area contributed by atoms with Gasteiger partial charge < -0.3 is 4.74 Å². The van der Waals surface area contributed by atoms with E-state index in [9.17, 15) is 26.1 Å². The summed E-state index contributed by atoms with van der Waals surface area (Å²) < 4.78 is 77.6. The van der Waals surface area contributed by atoms with Crippen LogP contribution in [0.3, 0.4) is 0 Å². The van der Waals surface area contributed by atoms with Crippen molar-refractivity contribution in [2.45, 2.75) is 30.9 Å². The fourth-order valence-electron chi connectivity index (χ4n) is 2.39. The maximum atomic E-state index is 13.0. The minimum atomic E-state index is -4.95. The Morgan fingerprint density at radius 2 is 1.81 bits per heavy atom. The van der Waals surface area contributed by atoms with Gasteiger partial charge >= 0.3 is 12.2 Å². The van der Waals surface area contributed by atoms with Gasteiger partial charge in [-0.3, -0.25) is 4.55 Å². The number of hydrogen-bond acceptors (Lipinski definition) is 5. The minimum absolute atomic E-state index is 0.0155. The number of aromatic nitrogens is 2. The molecular weight excluding hydrogens is 397 g/mol. The molecule has 2 rings (SSSR count). The summed E-state index contributed by atoms with van der Waals surface area (Å²) in [5.74, 6) is 0. The zero-order valence-corrected chi connectivity index (χ0v) is 14.9. The van der Waals surface area contributed by atoms with E-state index >= 15 is 0 Å². The summed E-state index contributed by atoms with van der Waals surface area (Å²) in [5.41, 5.74) is 0.362. The molecule has 2 aromatic rings. The van der Waals surface area contributed by atoms with Crippen LogP contribution in [0.25, 0.3) is 0 Å². The van der Waals surface area contributed by atoms with Crippen molar-refractivity contribution in [3.63, 3.8) is 0 Å². The molecule has 142 valence electrons. The van der Waals surface area contributed by atoms with Crippen LogP contribution in [0.5, 0.6) is 6.01 Å². The van der Waals surface area contributed by atoms with E-state index in [4.69, 9.17) is 16.3 Å². The maximum absolute atomic E-state index is 13.0. The van der Waals surface area contributed by atoms with Crippen LogP contribution in [0.2, 0.25) is 5.02 Å². The first-order valence-corrected chi connectivity index (χ1v) is 9.08. The highest BCUT2D eigenvalue weighted by Gasteiger charge is 2.44. The molecule has 0 radical (unpaired) electrons. The monoisotopic (exact) mass is 410 g/mol. The molecule has 0 spiro atoms. The summed E-state index contributed by atoms with van der Waals surface area (Å²) in [6.07, 6.45) is -6.23. The van der Waals surface area contributed by atoms with Crippen LogP contribution in [0.15, 0.2) is 36.7 Å². The molecule has 0 bridgehead atoms. The Bertz CT molecular complexity index is 860. The average molecular weight is 411 g/mol. The third kappa shape index (κ3) is 5.55. The van der Waals surface area contributed by atoms with Crippen molar-refractivity contribution < 1.29 is 30.9 Å². The Morgan fingerprint density at radius 3 is 2.31 bits per heavy atom. The second-order valence-corrected chi connectivity index (χ2v) is 7.43. The first-order chi connectivity index (χ1) is 12.0. The molecule has 2 unspecified atom stereocenters. The topological polar surface area (TPSA) is 89.4 Å². The Balaban J connectivity index is 2.51. The normalized spacial score (nSPS) is 14.7. The number of benzene rings is 1. The van der Waals surface area contributed by atoms with Gasteiger partial charge in [0.2, 0.25) is 0 Å². The zero-order chi connectivity index (χ0) is 19.5. The van der Waals surface area contributed by atoms with Crippen molar-refractivity contribution in [2.24, 2.45) is 0 Å². The molecule has 0 aliphatic rings. The lowest BCUT2D eigenvalue weighted by Crippen LogP contribution is -2.36. The highest BCUT2D eigenvalue weighted by atomic mass is 35.5. The molecule has 6 nitrogen and oxygen atoms in total. The van der Waals surface area contributed by atoms with Gasteiger partial charge in [-0.05, 0) is 18.1 Å². The molecule has 1 heterocycles. The number of aryl methyl sites for hydroxylation is 1. The lowest BCUT2D eigenvalue weighted by Gasteiger charge is -2.27. The van der Waals surface area contributed by atoms with E-state index in [1.54, 1.807) is 6.07 Å². The van der Waals surface area contributed by atoms with Gasteiger partial charge in [-0.2, -0.15) is 21.6 Å². The van der Waals surface area contributed by atoms with E-state index in [2.05, 4.69) is 9.97 Å². The van der Waals surface area contributed by atoms with Crippen molar-refractivity contribution in [1.82, 2.24) is 9.97 Å². The largest absolute Gasteiger partial charge is 0.458 e. The molecule has 11 heteroatoms. The van der Waals surface area contributed by atoms with Gasteiger partial charge in [-0.15, -0.1) is 0 Å². The SMILES string of the molecule is Cc1ccccc1C(C(CC(F)(F)F)Oc1ncc(Cl)cn1)S(=O)(=O)O. The van der Waals surface area contributed by atoms with E-state index in [-0.39, 0.29) is 10.6 Å². The smallest absolute Gasteiger partial charge is 0.392 e. The second-order valence-electron chi connectivity index (χ2n) is 5.45. The van der Waals surface area contributed by atoms with Crippen LogP contribution in [0.1, 0.15) is 22.8 Å². The second kappa shape index (κ2) is 7.77. The highest BCUT2D eigenvalue weighted by molar-refractivity contribution is 7.86. The van der Waals surface area contributed by atoms with E-state index in [1.165, 1.54) is 25.1 Å². The van der Waals surface area contributed by atoms with Crippen molar-refractivity contribution >= 4 is 21.7 Å². The van der Waals surface area contributed by atoms with Gasteiger partial charge in [0.25, 0.3) is 10.1 Å². The standard InChI is InChI=1S/C15H14ClF3N2O4S/c1-9-4-2-3-5-11(9)13(26(22,23)24)12(6-15(17,18)19)25-14-20-7-10(16)8-21-14/h2-5,7-8,12-13H,6H2,1H3,(H,22,23,24). The van der Waals surface area contributed by atoms with Crippen LogP contribution in [0.4, 0.5) is 13.2 Å². The molecule has 26 heavy (non-hydrogen) atoms. The molecule has 0 aliphatic heterocycles. The lowest BCUT2D eigenvalue weighted by atomic mass is 10.00. The Kier molecular flexibility index (Phi) is 6.09. The Morgan fingerprint density at radius 1 is 1.23 bits per heavy atom. The van der Waals surface area contributed by atoms with Gasteiger partial charge in [0.1, 0.15) is 11.4 Å². The maximum Gasteiger partial charge on any atom is 0.392 e. The first kappa shape index (κ1) is 20.4. The molecular formula is C15H14ClF3N2O4S. The Hall–Kier alpha value is -1.91. The summed E-state index contributed by atoms with van der Waals surface area (Å²) in [6, 6.07) is 5.36. The minimum Gasteiger partial charge on any atom is -0.458 e. The highest BCUT2D eigenvalue weighted by Crippen LogP contribution is 2.36. The molecule has 1 aromatic carbocycles. The average Bonchev–Trinajstić information content (AvgIpc) is 2.49.